The minimum Gasteiger partial charge on any atom is -0.293 e. The molecule has 94 valence electrons. The van der Waals surface area contributed by atoms with Gasteiger partial charge in [0, 0.05) is 15.9 Å². The summed E-state index contributed by atoms with van der Waals surface area (Å²) < 4.78 is 15.2. The molecule has 1 nitrogen and oxygen atoms in total. The number of rotatable bonds is 3. The Bertz CT molecular complexity index is 593. The van der Waals surface area contributed by atoms with E-state index in [2.05, 4.69) is 31.9 Å². The van der Waals surface area contributed by atoms with Gasteiger partial charge in [-0.2, -0.15) is 0 Å². The molecule has 0 N–H and O–H groups in total. The standard InChI is InChI=1S/C12H6Br2ClFOS/c13-8-5-11(18-12(8)14)10(17)3-6-1-2-7(15)4-9(6)16/h1-2,4-5H,3H2. The van der Waals surface area contributed by atoms with Gasteiger partial charge in [-0.05, 0) is 55.6 Å². The van der Waals surface area contributed by atoms with Gasteiger partial charge in [-0.15, -0.1) is 11.3 Å². The van der Waals surface area contributed by atoms with Crippen LogP contribution in [0.5, 0.6) is 0 Å². The lowest BCUT2D eigenvalue weighted by atomic mass is 10.1. The number of hydrogen-bond donors (Lipinski definition) is 0. The molecule has 0 unspecified atom stereocenters. The third-order valence-corrected chi connectivity index (χ3v) is 5.82. The Hall–Kier alpha value is -0.230. The zero-order valence-corrected chi connectivity index (χ0v) is 13.6. The highest BCUT2D eigenvalue weighted by atomic mass is 79.9. The molecule has 1 aromatic heterocycles. The molecule has 6 heteroatoms. The first kappa shape index (κ1) is 14.2. The van der Waals surface area contributed by atoms with E-state index in [0.29, 0.717) is 15.5 Å². The van der Waals surface area contributed by atoms with Crippen LogP contribution in [0.2, 0.25) is 5.02 Å². The van der Waals surface area contributed by atoms with E-state index >= 15 is 0 Å². The van der Waals surface area contributed by atoms with Crippen molar-refractivity contribution in [3.05, 3.63) is 53.8 Å². The normalized spacial score (nSPS) is 10.7. The fourth-order valence-corrected chi connectivity index (χ4v) is 3.54. The van der Waals surface area contributed by atoms with Crippen LogP contribution in [-0.4, -0.2) is 5.78 Å². The van der Waals surface area contributed by atoms with Crippen LogP contribution in [0.25, 0.3) is 0 Å². The van der Waals surface area contributed by atoms with Gasteiger partial charge in [0.05, 0.1) is 8.66 Å². The van der Waals surface area contributed by atoms with Crippen molar-refractivity contribution < 1.29 is 9.18 Å². The SMILES string of the molecule is O=C(Cc1ccc(Cl)cc1F)c1cc(Br)c(Br)s1. The molecule has 0 spiro atoms. The molecule has 0 aliphatic heterocycles. The second-order valence-corrected chi connectivity index (χ2v) is 7.23. The number of carbonyl (C=O) groups excluding carboxylic acids is 1. The van der Waals surface area contributed by atoms with Crippen molar-refractivity contribution in [3.63, 3.8) is 0 Å². The largest absolute Gasteiger partial charge is 0.293 e. The van der Waals surface area contributed by atoms with Gasteiger partial charge in [0.2, 0.25) is 0 Å². The summed E-state index contributed by atoms with van der Waals surface area (Å²) in [6, 6.07) is 6.05. The highest BCUT2D eigenvalue weighted by Gasteiger charge is 2.14. The van der Waals surface area contributed by atoms with Crippen molar-refractivity contribution >= 4 is 60.6 Å². The van der Waals surface area contributed by atoms with Crippen LogP contribution in [-0.2, 0) is 6.42 Å². The van der Waals surface area contributed by atoms with E-state index in [1.54, 1.807) is 12.1 Å². The first-order valence-electron chi connectivity index (χ1n) is 4.89. The smallest absolute Gasteiger partial charge is 0.177 e. The molecule has 0 saturated heterocycles. The third kappa shape index (κ3) is 3.20. The Balaban J connectivity index is 2.21. The molecule has 1 aromatic carbocycles. The molecule has 2 rings (SSSR count). The number of hydrogen-bond acceptors (Lipinski definition) is 2. The topological polar surface area (TPSA) is 17.1 Å². The van der Waals surface area contributed by atoms with E-state index in [-0.39, 0.29) is 12.2 Å². The maximum atomic E-state index is 13.6. The fraction of sp³-hybridized carbons (Fsp3) is 0.0833. The van der Waals surface area contributed by atoms with Crippen LogP contribution in [0, 0.1) is 5.82 Å². The molecule has 0 amide bonds. The van der Waals surface area contributed by atoms with E-state index in [0.717, 1.165) is 8.26 Å². The van der Waals surface area contributed by atoms with Crippen LogP contribution in [0.3, 0.4) is 0 Å². The molecule has 0 aliphatic carbocycles. The first-order chi connectivity index (χ1) is 8.47. The van der Waals surface area contributed by atoms with Crippen LogP contribution in [0.4, 0.5) is 4.39 Å². The molecule has 0 aliphatic rings. The Morgan fingerprint density at radius 2 is 2.06 bits per heavy atom. The lowest BCUT2D eigenvalue weighted by molar-refractivity contribution is 0.0995. The van der Waals surface area contributed by atoms with Gasteiger partial charge in [-0.3, -0.25) is 4.79 Å². The Kier molecular flexibility index (Phi) is 4.59. The van der Waals surface area contributed by atoms with Gasteiger partial charge in [0.25, 0.3) is 0 Å². The van der Waals surface area contributed by atoms with E-state index in [1.807, 2.05) is 0 Å². The Morgan fingerprint density at radius 1 is 1.33 bits per heavy atom. The molecular formula is C12H6Br2ClFOS. The minimum absolute atomic E-state index is 0.0302. The molecular weight excluding hydrogens is 406 g/mol. The van der Waals surface area contributed by atoms with Crippen LogP contribution in [0.15, 0.2) is 32.5 Å². The summed E-state index contributed by atoms with van der Waals surface area (Å²) in [5.74, 6) is -0.571. The third-order valence-electron chi connectivity index (χ3n) is 2.29. The number of benzene rings is 1. The number of halogens is 4. The van der Waals surface area contributed by atoms with Crippen molar-refractivity contribution in [2.75, 3.05) is 0 Å². The Labute approximate surface area is 129 Å². The summed E-state index contributed by atoms with van der Waals surface area (Å²) in [5, 5.41) is 0.324. The van der Waals surface area contributed by atoms with Gasteiger partial charge in [-0.1, -0.05) is 17.7 Å². The summed E-state index contributed by atoms with van der Waals surface area (Å²) in [5.41, 5.74) is 0.352. The molecule has 18 heavy (non-hydrogen) atoms. The van der Waals surface area contributed by atoms with Gasteiger partial charge >= 0.3 is 0 Å². The molecule has 2 aromatic rings. The molecule has 0 fully saturated rings. The predicted molar refractivity (Wildman–Crippen MR) is 79.2 cm³/mol. The average Bonchev–Trinajstić information content (AvgIpc) is 2.63. The maximum Gasteiger partial charge on any atom is 0.177 e. The summed E-state index contributed by atoms with van der Waals surface area (Å²) in [6.45, 7) is 0. The number of ketones is 1. The lowest BCUT2D eigenvalue weighted by Gasteiger charge is -2.01. The Morgan fingerprint density at radius 3 is 2.61 bits per heavy atom. The van der Waals surface area contributed by atoms with Crippen molar-refractivity contribution in [3.8, 4) is 0 Å². The second kappa shape index (κ2) is 5.82. The first-order valence-corrected chi connectivity index (χ1v) is 7.67. The molecule has 0 bridgehead atoms. The van der Waals surface area contributed by atoms with Gasteiger partial charge in [-0.25, -0.2) is 4.39 Å². The van der Waals surface area contributed by atoms with E-state index in [9.17, 15) is 9.18 Å². The predicted octanol–water partition coefficient (Wildman–Crippen LogP) is 5.49. The number of carbonyl (C=O) groups is 1. The molecule has 0 saturated carbocycles. The zero-order chi connectivity index (χ0) is 13.3. The highest BCUT2D eigenvalue weighted by molar-refractivity contribution is 9.13. The summed E-state index contributed by atoms with van der Waals surface area (Å²) in [6.07, 6.45) is 0.0302. The van der Waals surface area contributed by atoms with Gasteiger partial charge in [0.15, 0.2) is 5.78 Å². The minimum atomic E-state index is -0.453. The number of thiophene rings is 1. The van der Waals surface area contributed by atoms with Crippen LogP contribution < -0.4 is 0 Å². The lowest BCUT2D eigenvalue weighted by Crippen LogP contribution is -2.03. The summed E-state index contributed by atoms with van der Waals surface area (Å²) in [7, 11) is 0. The van der Waals surface area contributed by atoms with E-state index in [1.165, 1.54) is 23.5 Å². The quantitative estimate of drug-likeness (QED) is 0.609. The fourth-order valence-electron chi connectivity index (χ4n) is 1.41. The highest BCUT2D eigenvalue weighted by Crippen LogP contribution is 2.33. The summed E-state index contributed by atoms with van der Waals surface area (Å²) >= 11 is 13.6. The van der Waals surface area contributed by atoms with Crippen LogP contribution in [0.1, 0.15) is 15.2 Å². The average molecular weight is 413 g/mol. The summed E-state index contributed by atoms with van der Waals surface area (Å²) in [4.78, 5) is 12.6. The van der Waals surface area contributed by atoms with Gasteiger partial charge < -0.3 is 0 Å². The number of Topliss-reactive ketones (excluding diaryl/α,β-unsaturated/α-hetero) is 1. The van der Waals surface area contributed by atoms with Crippen molar-refractivity contribution in [2.24, 2.45) is 0 Å². The zero-order valence-electron chi connectivity index (χ0n) is 8.84. The van der Waals surface area contributed by atoms with Crippen molar-refractivity contribution in [2.45, 2.75) is 6.42 Å². The monoisotopic (exact) mass is 410 g/mol. The molecule has 0 radical (unpaired) electrons. The van der Waals surface area contributed by atoms with Crippen molar-refractivity contribution in [1.29, 1.82) is 0 Å². The molecule has 0 atom stereocenters. The van der Waals surface area contributed by atoms with E-state index in [4.69, 9.17) is 11.6 Å². The molecule has 1 heterocycles. The second-order valence-electron chi connectivity index (χ2n) is 3.57. The maximum absolute atomic E-state index is 13.6. The van der Waals surface area contributed by atoms with Crippen LogP contribution >= 0.6 is 54.8 Å². The van der Waals surface area contributed by atoms with E-state index < -0.39 is 5.82 Å². The van der Waals surface area contributed by atoms with Crippen molar-refractivity contribution in [1.82, 2.24) is 0 Å². The van der Waals surface area contributed by atoms with Gasteiger partial charge in [0.1, 0.15) is 5.82 Å².